The molecule has 0 saturated heterocycles. The van der Waals surface area contributed by atoms with Gasteiger partial charge in [0.05, 0.1) is 11.0 Å². The summed E-state index contributed by atoms with van der Waals surface area (Å²) in [6.45, 7) is 2.03. The van der Waals surface area contributed by atoms with E-state index in [1.165, 1.54) is 0 Å². The van der Waals surface area contributed by atoms with Crippen LogP contribution < -0.4 is 0 Å². The van der Waals surface area contributed by atoms with E-state index in [0.29, 0.717) is 0 Å². The maximum Gasteiger partial charge on any atom is 0.106 e. The molecule has 2 aromatic heterocycles. The van der Waals surface area contributed by atoms with Crippen molar-refractivity contribution in [3.8, 4) is 0 Å². The molecule has 0 bridgehead atoms. The van der Waals surface area contributed by atoms with Crippen molar-refractivity contribution >= 4 is 27.0 Å². The Morgan fingerprint density at radius 1 is 1.25 bits per heavy atom. The maximum atomic E-state index is 4.33. The zero-order valence-electron chi connectivity index (χ0n) is 6.58. The number of halogens is 1. The first-order valence-corrected chi connectivity index (χ1v) is 4.44. The Bertz CT molecular complexity index is 426. The van der Waals surface area contributed by atoms with E-state index in [9.17, 15) is 0 Å². The fourth-order valence-corrected chi connectivity index (χ4v) is 1.44. The van der Waals surface area contributed by atoms with E-state index in [1.807, 2.05) is 25.1 Å². The molecule has 0 saturated carbocycles. The van der Waals surface area contributed by atoms with Crippen LogP contribution in [0.4, 0.5) is 0 Å². The number of aryl methyl sites for hydroxylation is 1. The van der Waals surface area contributed by atoms with Gasteiger partial charge in [-0.15, -0.1) is 0 Å². The second kappa shape index (κ2) is 2.83. The molecule has 2 rings (SSSR count). The van der Waals surface area contributed by atoms with E-state index >= 15 is 0 Å². The molecule has 0 unspecified atom stereocenters. The van der Waals surface area contributed by atoms with E-state index in [0.717, 1.165) is 21.2 Å². The van der Waals surface area contributed by atoms with Crippen LogP contribution >= 0.6 is 15.9 Å². The van der Waals surface area contributed by atoms with Gasteiger partial charge in [0.1, 0.15) is 4.60 Å². The van der Waals surface area contributed by atoms with Gasteiger partial charge >= 0.3 is 0 Å². The van der Waals surface area contributed by atoms with Crippen LogP contribution in [0.25, 0.3) is 11.0 Å². The summed E-state index contributed by atoms with van der Waals surface area (Å²) in [5.41, 5.74) is 3.06. The number of hydrogen-bond donors (Lipinski definition) is 0. The smallest absolute Gasteiger partial charge is 0.106 e. The average molecular weight is 223 g/mol. The molecule has 0 aliphatic heterocycles. The van der Waals surface area contributed by atoms with Crippen LogP contribution in [-0.2, 0) is 0 Å². The molecule has 3 heteroatoms. The third-order valence-corrected chi connectivity index (χ3v) is 2.19. The Labute approximate surface area is 78.8 Å². The van der Waals surface area contributed by atoms with Crippen molar-refractivity contribution < 1.29 is 0 Å². The maximum absolute atomic E-state index is 4.33. The Hall–Kier alpha value is -0.960. The molecule has 0 fully saturated rings. The van der Waals surface area contributed by atoms with Crippen LogP contribution in [0.5, 0.6) is 0 Å². The van der Waals surface area contributed by atoms with Gasteiger partial charge in [-0.05, 0) is 46.6 Å². The first-order chi connectivity index (χ1) is 5.77. The predicted octanol–water partition coefficient (Wildman–Crippen LogP) is 2.70. The monoisotopic (exact) mass is 222 g/mol. The van der Waals surface area contributed by atoms with Crippen LogP contribution in [0.1, 0.15) is 5.56 Å². The topological polar surface area (TPSA) is 25.8 Å². The Balaban J connectivity index is 2.88. The highest BCUT2D eigenvalue weighted by Crippen LogP contribution is 2.16. The molecule has 0 spiro atoms. The van der Waals surface area contributed by atoms with Crippen molar-refractivity contribution in [1.29, 1.82) is 0 Å². The van der Waals surface area contributed by atoms with Gasteiger partial charge in [-0.3, -0.25) is 4.98 Å². The van der Waals surface area contributed by atoms with Gasteiger partial charge in [0, 0.05) is 6.20 Å². The van der Waals surface area contributed by atoms with Gasteiger partial charge < -0.3 is 0 Å². The molecule has 0 amide bonds. The molecule has 0 aliphatic rings. The van der Waals surface area contributed by atoms with Gasteiger partial charge in [0.15, 0.2) is 0 Å². The van der Waals surface area contributed by atoms with Gasteiger partial charge in [-0.2, -0.15) is 0 Å². The quantitative estimate of drug-likeness (QED) is 0.641. The van der Waals surface area contributed by atoms with Crippen molar-refractivity contribution in [2.45, 2.75) is 6.92 Å². The Kier molecular flexibility index (Phi) is 1.81. The van der Waals surface area contributed by atoms with Crippen LogP contribution in [-0.4, -0.2) is 9.97 Å². The summed E-state index contributed by atoms with van der Waals surface area (Å²) in [6, 6.07) is 5.82. The molecule has 0 aliphatic carbocycles. The summed E-state index contributed by atoms with van der Waals surface area (Å²) < 4.78 is 0.853. The van der Waals surface area contributed by atoms with E-state index in [-0.39, 0.29) is 0 Å². The summed E-state index contributed by atoms with van der Waals surface area (Å²) in [5, 5.41) is 0. The van der Waals surface area contributed by atoms with E-state index in [4.69, 9.17) is 0 Å². The van der Waals surface area contributed by atoms with Crippen molar-refractivity contribution in [3.05, 3.63) is 34.6 Å². The average Bonchev–Trinajstić information content (AvgIpc) is 2.07. The summed E-state index contributed by atoms with van der Waals surface area (Å²) in [7, 11) is 0. The van der Waals surface area contributed by atoms with Crippen molar-refractivity contribution in [2.75, 3.05) is 0 Å². The zero-order valence-corrected chi connectivity index (χ0v) is 8.17. The predicted molar refractivity (Wildman–Crippen MR) is 52.0 cm³/mol. The number of pyridine rings is 2. The van der Waals surface area contributed by atoms with Crippen LogP contribution in [0.2, 0.25) is 0 Å². The highest BCUT2D eigenvalue weighted by atomic mass is 79.9. The molecule has 2 aromatic rings. The first-order valence-electron chi connectivity index (χ1n) is 3.65. The van der Waals surface area contributed by atoms with Crippen molar-refractivity contribution in [1.82, 2.24) is 9.97 Å². The molecule has 2 nitrogen and oxygen atoms in total. The summed E-state index contributed by atoms with van der Waals surface area (Å²) in [4.78, 5) is 8.53. The lowest BCUT2D eigenvalue weighted by Gasteiger charge is -1.99. The number of rotatable bonds is 0. The first kappa shape index (κ1) is 7.68. The van der Waals surface area contributed by atoms with Gasteiger partial charge in [-0.1, -0.05) is 0 Å². The van der Waals surface area contributed by atoms with Crippen LogP contribution in [0, 0.1) is 6.92 Å². The number of fused-ring (bicyclic) bond motifs is 1. The zero-order chi connectivity index (χ0) is 8.55. The summed E-state index contributed by atoms with van der Waals surface area (Å²) in [5.74, 6) is 0. The second-order valence-electron chi connectivity index (χ2n) is 2.63. The molecular formula is C9H7BrN2. The fraction of sp³-hybridized carbons (Fsp3) is 0.111. The molecule has 0 radical (unpaired) electrons. The minimum absolute atomic E-state index is 0.853. The Morgan fingerprint density at radius 3 is 2.92 bits per heavy atom. The lowest BCUT2D eigenvalue weighted by atomic mass is 10.2. The number of hydrogen-bond acceptors (Lipinski definition) is 2. The largest absolute Gasteiger partial charge is 0.255 e. The Morgan fingerprint density at radius 2 is 2.08 bits per heavy atom. The van der Waals surface area contributed by atoms with E-state index < -0.39 is 0 Å². The SMILES string of the molecule is Cc1ccnc2ccc(Br)nc12. The number of aromatic nitrogens is 2. The third kappa shape index (κ3) is 1.20. The highest BCUT2D eigenvalue weighted by Gasteiger charge is 1.98. The molecule has 0 atom stereocenters. The molecule has 60 valence electrons. The lowest BCUT2D eigenvalue weighted by Crippen LogP contribution is -1.86. The highest BCUT2D eigenvalue weighted by molar-refractivity contribution is 9.10. The molecular weight excluding hydrogens is 216 g/mol. The van der Waals surface area contributed by atoms with Crippen molar-refractivity contribution in [3.63, 3.8) is 0 Å². The standard InChI is InChI=1S/C9H7BrN2/c1-6-4-5-11-7-2-3-8(10)12-9(6)7/h2-5H,1H3. The third-order valence-electron chi connectivity index (χ3n) is 1.75. The summed E-state index contributed by atoms with van der Waals surface area (Å²) >= 11 is 3.33. The normalized spacial score (nSPS) is 10.5. The second-order valence-corrected chi connectivity index (χ2v) is 3.44. The minimum atomic E-state index is 0.853. The molecule has 0 N–H and O–H groups in total. The van der Waals surface area contributed by atoms with Crippen LogP contribution in [0.15, 0.2) is 29.0 Å². The van der Waals surface area contributed by atoms with Gasteiger partial charge in [0.25, 0.3) is 0 Å². The fourth-order valence-electron chi connectivity index (χ4n) is 1.13. The molecule has 2 heterocycles. The van der Waals surface area contributed by atoms with Gasteiger partial charge in [0.2, 0.25) is 0 Å². The molecule has 12 heavy (non-hydrogen) atoms. The molecule has 0 aromatic carbocycles. The van der Waals surface area contributed by atoms with Crippen molar-refractivity contribution in [2.24, 2.45) is 0 Å². The lowest BCUT2D eigenvalue weighted by molar-refractivity contribution is 1.27. The van der Waals surface area contributed by atoms with E-state index in [1.54, 1.807) is 6.20 Å². The van der Waals surface area contributed by atoms with Gasteiger partial charge in [-0.25, -0.2) is 4.98 Å². The number of nitrogens with zero attached hydrogens (tertiary/aromatic N) is 2. The van der Waals surface area contributed by atoms with E-state index in [2.05, 4.69) is 25.9 Å². The van der Waals surface area contributed by atoms with Crippen LogP contribution in [0.3, 0.4) is 0 Å². The summed E-state index contributed by atoms with van der Waals surface area (Å²) in [6.07, 6.45) is 1.80. The minimum Gasteiger partial charge on any atom is -0.255 e.